The Balaban J connectivity index is 3.04. The van der Waals surface area contributed by atoms with Gasteiger partial charge in [0.25, 0.3) is 5.91 Å². The van der Waals surface area contributed by atoms with E-state index in [0.29, 0.717) is 6.42 Å². The summed E-state index contributed by atoms with van der Waals surface area (Å²) in [6, 6.07) is -0.650. The third-order valence-electron chi connectivity index (χ3n) is 5.13. The number of methoxy groups -OCH3 is 1. The highest BCUT2D eigenvalue weighted by molar-refractivity contribution is 6.05. The van der Waals surface area contributed by atoms with Crippen LogP contribution in [0.25, 0.3) is 0 Å². The zero-order valence-corrected chi connectivity index (χ0v) is 20.6. The van der Waals surface area contributed by atoms with Crippen molar-refractivity contribution in [2.24, 2.45) is 5.92 Å². The third kappa shape index (κ3) is 8.00. The van der Waals surface area contributed by atoms with E-state index in [-0.39, 0.29) is 37.9 Å². The van der Waals surface area contributed by atoms with E-state index >= 15 is 0 Å². The smallest absolute Gasteiger partial charge is 0.417 e. The molecule has 1 saturated heterocycles. The Bertz CT molecular complexity index is 789. The molecular formula is C23H35NO10. The molecule has 0 unspecified atom stereocenters. The number of amides is 2. The Morgan fingerprint density at radius 2 is 1.79 bits per heavy atom. The Hall–Kier alpha value is -2.63. The van der Waals surface area contributed by atoms with Gasteiger partial charge in [0.15, 0.2) is 23.8 Å². The number of imide groups is 1. The van der Waals surface area contributed by atoms with Crippen LogP contribution >= 0.6 is 0 Å². The largest absolute Gasteiger partial charge is 0.451 e. The second kappa shape index (κ2) is 13.3. The topological polar surface area (TPSA) is 146 Å². The average Bonchev–Trinajstić information content (AvgIpc) is 2.99. The Labute approximate surface area is 199 Å². The minimum atomic E-state index is -1.71. The number of ketones is 2. The highest BCUT2D eigenvalue weighted by Gasteiger charge is 2.54. The normalized spacial score (nSPS) is 19.2. The molecule has 11 heteroatoms. The Morgan fingerprint density at radius 1 is 1.15 bits per heavy atom. The molecule has 0 bridgehead atoms. The molecule has 0 aromatic rings. The first-order chi connectivity index (χ1) is 15.9. The van der Waals surface area contributed by atoms with Crippen molar-refractivity contribution in [1.29, 1.82) is 0 Å². The summed E-state index contributed by atoms with van der Waals surface area (Å²) in [6.45, 7) is 8.34. The molecule has 0 aromatic heterocycles. The van der Waals surface area contributed by atoms with Crippen LogP contribution in [0.3, 0.4) is 0 Å². The highest BCUT2D eigenvalue weighted by atomic mass is 16.6. The minimum absolute atomic E-state index is 0.0881. The van der Waals surface area contributed by atoms with Crippen LogP contribution in [0.2, 0.25) is 0 Å². The molecule has 1 aliphatic rings. The van der Waals surface area contributed by atoms with Crippen LogP contribution < -0.4 is 0 Å². The van der Waals surface area contributed by atoms with E-state index < -0.39 is 47.6 Å². The second-order valence-electron chi connectivity index (χ2n) is 8.70. The van der Waals surface area contributed by atoms with Gasteiger partial charge in [0, 0.05) is 27.1 Å². The van der Waals surface area contributed by atoms with Crippen LogP contribution in [0.5, 0.6) is 0 Å². The molecule has 1 N–H and O–H groups in total. The van der Waals surface area contributed by atoms with Gasteiger partial charge in [0.1, 0.15) is 5.60 Å². The number of nitrogens with zero attached hydrogens (tertiary/aromatic N) is 1. The fourth-order valence-electron chi connectivity index (χ4n) is 3.89. The average molecular weight is 486 g/mol. The van der Waals surface area contributed by atoms with Crippen molar-refractivity contribution in [3.63, 3.8) is 0 Å². The van der Waals surface area contributed by atoms with Crippen molar-refractivity contribution < 1.29 is 48.0 Å². The summed E-state index contributed by atoms with van der Waals surface area (Å²) in [4.78, 5) is 63.2. The van der Waals surface area contributed by atoms with Crippen molar-refractivity contribution in [2.45, 2.75) is 71.3 Å². The molecule has 34 heavy (non-hydrogen) atoms. The van der Waals surface area contributed by atoms with Crippen LogP contribution in [-0.4, -0.2) is 90.3 Å². The van der Waals surface area contributed by atoms with Gasteiger partial charge in [-0.25, -0.2) is 9.69 Å². The number of rotatable bonds is 14. The summed E-state index contributed by atoms with van der Waals surface area (Å²) in [7, 11) is 1.14. The molecule has 0 radical (unpaired) electrons. The summed E-state index contributed by atoms with van der Waals surface area (Å²) in [6.07, 6.45) is -1.83. The summed E-state index contributed by atoms with van der Waals surface area (Å²) in [5.41, 5.74) is -0.979. The molecular weight excluding hydrogens is 450 g/mol. The zero-order chi connectivity index (χ0) is 26.1. The number of aliphatic hydroxyl groups is 1. The lowest BCUT2D eigenvalue weighted by molar-refractivity contribution is -0.166. The maximum atomic E-state index is 13.3. The van der Waals surface area contributed by atoms with Gasteiger partial charge in [-0.2, -0.15) is 0 Å². The first-order valence-electron chi connectivity index (χ1n) is 11.1. The fourth-order valence-corrected chi connectivity index (χ4v) is 3.89. The summed E-state index contributed by atoms with van der Waals surface area (Å²) >= 11 is 0. The predicted molar refractivity (Wildman–Crippen MR) is 119 cm³/mol. The van der Waals surface area contributed by atoms with Crippen molar-refractivity contribution in [3.05, 3.63) is 12.2 Å². The zero-order valence-electron chi connectivity index (χ0n) is 20.6. The predicted octanol–water partition coefficient (Wildman–Crippen LogP) is 1.20. The van der Waals surface area contributed by atoms with E-state index in [9.17, 15) is 24.0 Å². The van der Waals surface area contributed by atoms with Gasteiger partial charge in [0.2, 0.25) is 0 Å². The molecule has 0 spiro atoms. The molecule has 1 heterocycles. The molecule has 0 aliphatic carbocycles. The van der Waals surface area contributed by atoms with Crippen molar-refractivity contribution in [3.8, 4) is 0 Å². The number of allylic oxidation sites excluding steroid dienone is 1. The van der Waals surface area contributed by atoms with Crippen molar-refractivity contribution in [2.75, 3.05) is 26.9 Å². The molecule has 1 aliphatic heterocycles. The van der Waals surface area contributed by atoms with E-state index in [1.165, 1.54) is 0 Å². The number of cyclic esters (lactones) is 1. The van der Waals surface area contributed by atoms with E-state index in [2.05, 4.69) is 0 Å². The highest BCUT2D eigenvalue weighted by Crippen LogP contribution is 2.35. The minimum Gasteiger partial charge on any atom is -0.451 e. The Morgan fingerprint density at radius 3 is 2.32 bits per heavy atom. The maximum absolute atomic E-state index is 13.3. The number of hydrogen-bond acceptors (Lipinski definition) is 10. The molecule has 3 atom stereocenters. The SMILES string of the molecule is CO[C@@H](C(=O)N1C(=O)OC(C)(C)[C@H]1C(C)C)[C@@H](OC(C)=O)C(=O)C=CC(=O)CCCOCCO. The first-order valence-corrected chi connectivity index (χ1v) is 11.1. The lowest BCUT2D eigenvalue weighted by Crippen LogP contribution is -2.55. The van der Waals surface area contributed by atoms with Crippen LogP contribution in [0.15, 0.2) is 12.2 Å². The monoisotopic (exact) mass is 485 g/mol. The lowest BCUT2D eigenvalue weighted by atomic mass is 9.88. The molecule has 1 fully saturated rings. The molecule has 0 saturated carbocycles. The number of aliphatic hydroxyl groups excluding tert-OH is 1. The molecule has 11 nitrogen and oxygen atoms in total. The van der Waals surface area contributed by atoms with Gasteiger partial charge in [0.05, 0.1) is 19.3 Å². The maximum Gasteiger partial charge on any atom is 0.417 e. The van der Waals surface area contributed by atoms with E-state index in [1.54, 1.807) is 13.8 Å². The fraction of sp³-hybridized carbons (Fsp3) is 0.696. The van der Waals surface area contributed by atoms with Crippen LogP contribution in [0.1, 0.15) is 47.5 Å². The van der Waals surface area contributed by atoms with Crippen LogP contribution in [-0.2, 0) is 38.1 Å². The summed E-state index contributed by atoms with van der Waals surface area (Å²) in [5, 5.41) is 8.65. The summed E-state index contributed by atoms with van der Waals surface area (Å²) < 4.78 is 20.7. The van der Waals surface area contributed by atoms with Crippen molar-refractivity contribution in [1.82, 2.24) is 4.90 Å². The number of carbonyl (C=O) groups is 5. The van der Waals surface area contributed by atoms with E-state index in [0.717, 1.165) is 31.1 Å². The lowest BCUT2D eigenvalue weighted by Gasteiger charge is -2.33. The van der Waals surface area contributed by atoms with E-state index in [4.69, 9.17) is 24.1 Å². The molecule has 0 aromatic carbocycles. The molecule has 1 rings (SSSR count). The number of ether oxygens (including phenoxy) is 4. The number of esters is 1. The van der Waals surface area contributed by atoms with Gasteiger partial charge >= 0.3 is 12.1 Å². The van der Waals surface area contributed by atoms with Crippen LogP contribution in [0.4, 0.5) is 4.79 Å². The quantitative estimate of drug-likeness (QED) is 0.216. The number of carbonyl (C=O) groups excluding carboxylic acids is 5. The van der Waals surface area contributed by atoms with Gasteiger partial charge in [-0.15, -0.1) is 0 Å². The standard InChI is InChI=1S/C23H35NO10/c1-14(2)20-23(4,5)34-22(30)24(20)21(29)19(31-6)18(33-15(3)26)17(28)10-9-16(27)8-7-12-32-13-11-25/h9-10,14,18-20,25H,7-8,11-13H2,1-6H3/t18-,19+,20+/m0/s1. The third-order valence-corrected chi connectivity index (χ3v) is 5.13. The van der Waals surface area contributed by atoms with Gasteiger partial charge in [-0.1, -0.05) is 13.8 Å². The molecule has 192 valence electrons. The second-order valence-corrected chi connectivity index (χ2v) is 8.70. The Kier molecular flexibility index (Phi) is 11.5. The summed E-state index contributed by atoms with van der Waals surface area (Å²) in [5.74, 6) is -3.15. The van der Waals surface area contributed by atoms with Crippen molar-refractivity contribution >= 4 is 29.5 Å². The van der Waals surface area contributed by atoms with Gasteiger partial charge in [-0.3, -0.25) is 19.2 Å². The number of hydrogen-bond donors (Lipinski definition) is 1. The van der Waals surface area contributed by atoms with Gasteiger partial charge in [-0.05, 0) is 38.3 Å². The van der Waals surface area contributed by atoms with Crippen LogP contribution in [0, 0.1) is 5.92 Å². The first kappa shape index (κ1) is 29.4. The van der Waals surface area contributed by atoms with E-state index in [1.807, 2.05) is 13.8 Å². The van der Waals surface area contributed by atoms with Gasteiger partial charge < -0.3 is 24.1 Å². The molecule has 2 amide bonds.